The highest BCUT2D eigenvalue weighted by Gasteiger charge is 2.19. The fraction of sp³-hybridized carbons (Fsp3) is 0.321. The molecule has 0 amide bonds. The maximum atomic E-state index is 12.8. The van der Waals surface area contributed by atoms with Crippen LogP contribution in [0.3, 0.4) is 0 Å². The first-order chi connectivity index (χ1) is 15.3. The molecule has 0 atom stereocenters. The average molecular weight is 431 g/mol. The molecule has 0 aromatic heterocycles. The predicted octanol–water partition coefficient (Wildman–Crippen LogP) is 7.00. The first-order valence-electron chi connectivity index (χ1n) is 11.2. The molecule has 0 aliphatic carbocycles. The molecule has 32 heavy (non-hydrogen) atoms. The average Bonchev–Trinajstić information content (AvgIpc) is 2.77. The van der Waals surface area contributed by atoms with E-state index in [2.05, 4.69) is 92.9 Å². The molecule has 0 saturated carbocycles. The van der Waals surface area contributed by atoms with Crippen molar-refractivity contribution in [1.29, 1.82) is 0 Å². The van der Waals surface area contributed by atoms with Crippen LogP contribution in [0, 0.1) is 12.8 Å². The summed E-state index contributed by atoms with van der Waals surface area (Å²) in [6.45, 7) is 11.5. The molecule has 0 aliphatic rings. The minimum atomic E-state index is -0.320. The van der Waals surface area contributed by atoms with Gasteiger partial charge in [-0.1, -0.05) is 50.2 Å². The number of methoxy groups -OCH3 is 1. The second kappa shape index (κ2) is 10.4. The van der Waals surface area contributed by atoms with Gasteiger partial charge in [0.25, 0.3) is 0 Å². The van der Waals surface area contributed by atoms with Gasteiger partial charge in [-0.2, -0.15) is 0 Å². The molecule has 0 saturated heterocycles. The van der Waals surface area contributed by atoms with Gasteiger partial charge in [0.05, 0.1) is 12.7 Å². The van der Waals surface area contributed by atoms with Crippen molar-refractivity contribution in [1.82, 2.24) is 0 Å². The van der Waals surface area contributed by atoms with E-state index in [1.165, 1.54) is 7.11 Å². The molecule has 3 aromatic carbocycles. The first kappa shape index (κ1) is 23.4. The number of hydrogen-bond acceptors (Lipinski definition) is 4. The lowest BCUT2D eigenvalue weighted by molar-refractivity contribution is 0.0601. The van der Waals surface area contributed by atoms with Crippen LogP contribution in [0.25, 0.3) is 22.3 Å². The van der Waals surface area contributed by atoms with Crippen LogP contribution in [0.5, 0.6) is 0 Å². The van der Waals surface area contributed by atoms with Gasteiger partial charge >= 0.3 is 5.97 Å². The Balaban J connectivity index is 1.98. The molecule has 0 unspecified atom stereocenters. The maximum Gasteiger partial charge on any atom is 0.338 e. The highest BCUT2D eigenvalue weighted by atomic mass is 16.5. The lowest BCUT2D eigenvalue weighted by Crippen LogP contribution is -2.09. The standard InChI is InChI=1S/C28H34N2O2/c1-18(2)17-29-23-11-7-22(8-12-23)26-16-15-25(20(5)27(26)28(31)32-6)21-9-13-24(14-10-21)30-19(3)4/h7-16,18-19,29-30H,17H2,1-6H3. The minimum Gasteiger partial charge on any atom is -0.465 e. The molecule has 168 valence electrons. The second-order valence-electron chi connectivity index (χ2n) is 8.88. The fourth-order valence-electron chi connectivity index (χ4n) is 3.80. The molecule has 0 bridgehead atoms. The molecule has 0 radical (unpaired) electrons. The Morgan fingerprint density at radius 3 is 1.88 bits per heavy atom. The van der Waals surface area contributed by atoms with Crippen molar-refractivity contribution >= 4 is 17.3 Å². The third-order valence-corrected chi connectivity index (χ3v) is 5.42. The number of benzene rings is 3. The molecule has 0 aliphatic heterocycles. The first-order valence-corrected chi connectivity index (χ1v) is 11.2. The number of ether oxygens (including phenoxy) is 1. The Labute approximate surface area is 192 Å². The molecular formula is C28H34N2O2. The van der Waals surface area contributed by atoms with Crippen LogP contribution in [0.1, 0.15) is 43.6 Å². The van der Waals surface area contributed by atoms with Crippen LogP contribution in [0.4, 0.5) is 11.4 Å². The van der Waals surface area contributed by atoms with Crippen LogP contribution >= 0.6 is 0 Å². The Hall–Kier alpha value is -3.27. The number of nitrogens with one attached hydrogen (secondary N) is 2. The quantitative estimate of drug-likeness (QED) is 0.378. The van der Waals surface area contributed by atoms with Gasteiger partial charge in [0, 0.05) is 24.0 Å². The van der Waals surface area contributed by atoms with Gasteiger partial charge in [-0.05, 0) is 78.8 Å². The summed E-state index contributed by atoms with van der Waals surface area (Å²) in [4.78, 5) is 12.8. The van der Waals surface area contributed by atoms with Crippen molar-refractivity contribution in [3.63, 3.8) is 0 Å². The summed E-state index contributed by atoms with van der Waals surface area (Å²) in [7, 11) is 1.43. The zero-order valence-electron chi connectivity index (χ0n) is 20.0. The van der Waals surface area contributed by atoms with Crippen molar-refractivity contribution in [3.05, 3.63) is 71.8 Å². The van der Waals surface area contributed by atoms with E-state index in [4.69, 9.17) is 4.74 Å². The van der Waals surface area contributed by atoms with E-state index in [-0.39, 0.29) is 5.97 Å². The van der Waals surface area contributed by atoms with E-state index in [1.807, 2.05) is 13.0 Å². The molecule has 0 spiro atoms. The van der Waals surface area contributed by atoms with E-state index in [0.29, 0.717) is 17.5 Å². The SMILES string of the molecule is COC(=O)c1c(-c2ccc(NCC(C)C)cc2)ccc(-c2ccc(NC(C)C)cc2)c1C. The van der Waals surface area contributed by atoms with E-state index < -0.39 is 0 Å². The van der Waals surface area contributed by atoms with Gasteiger partial charge in [-0.25, -0.2) is 4.79 Å². The largest absolute Gasteiger partial charge is 0.465 e. The van der Waals surface area contributed by atoms with Crippen molar-refractivity contribution in [2.45, 2.75) is 40.7 Å². The van der Waals surface area contributed by atoms with Crippen LogP contribution in [0.2, 0.25) is 0 Å². The smallest absolute Gasteiger partial charge is 0.338 e. The van der Waals surface area contributed by atoms with Gasteiger partial charge in [0.2, 0.25) is 0 Å². The van der Waals surface area contributed by atoms with Gasteiger partial charge in [-0.15, -0.1) is 0 Å². The molecule has 3 aromatic rings. The Kier molecular flexibility index (Phi) is 7.57. The van der Waals surface area contributed by atoms with Crippen molar-refractivity contribution in [2.75, 3.05) is 24.3 Å². The third-order valence-electron chi connectivity index (χ3n) is 5.42. The zero-order chi connectivity index (χ0) is 23.3. The van der Waals surface area contributed by atoms with Gasteiger partial charge in [-0.3, -0.25) is 0 Å². The number of esters is 1. The second-order valence-corrected chi connectivity index (χ2v) is 8.88. The van der Waals surface area contributed by atoms with E-state index >= 15 is 0 Å². The third kappa shape index (κ3) is 5.50. The van der Waals surface area contributed by atoms with Crippen LogP contribution in [-0.4, -0.2) is 25.7 Å². The van der Waals surface area contributed by atoms with Gasteiger partial charge < -0.3 is 15.4 Å². The summed E-state index contributed by atoms with van der Waals surface area (Å²) in [5.74, 6) is 0.255. The number of carbonyl (C=O) groups excluding carboxylic acids is 1. The summed E-state index contributed by atoms with van der Waals surface area (Å²) in [6, 6.07) is 21.0. The van der Waals surface area contributed by atoms with E-state index in [9.17, 15) is 4.79 Å². The van der Waals surface area contributed by atoms with Crippen molar-refractivity contribution in [2.24, 2.45) is 5.92 Å². The molecule has 4 heteroatoms. The summed E-state index contributed by atoms with van der Waals surface area (Å²) in [6.07, 6.45) is 0. The lowest BCUT2D eigenvalue weighted by Gasteiger charge is -2.17. The van der Waals surface area contributed by atoms with Crippen LogP contribution < -0.4 is 10.6 Å². The lowest BCUT2D eigenvalue weighted by atomic mass is 9.89. The summed E-state index contributed by atoms with van der Waals surface area (Å²) >= 11 is 0. The topological polar surface area (TPSA) is 50.4 Å². The van der Waals surface area contributed by atoms with Gasteiger partial charge in [0.15, 0.2) is 0 Å². The molecule has 2 N–H and O–H groups in total. The number of hydrogen-bond donors (Lipinski definition) is 2. The van der Waals surface area contributed by atoms with Crippen LogP contribution in [-0.2, 0) is 4.74 Å². The fourth-order valence-corrected chi connectivity index (χ4v) is 3.80. The summed E-state index contributed by atoms with van der Waals surface area (Å²) in [5.41, 5.74) is 7.65. The Morgan fingerprint density at radius 1 is 0.812 bits per heavy atom. The number of rotatable bonds is 8. The summed E-state index contributed by atoms with van der Waals surface area (Å²) in [5, 5.41) is 6.84. The van der Waals surface area contributed by atoms with Crippen molar-refractivity contribution < 1.29 is 9.53 Å². The molecule has 4 nitrogen and oxygen atoms in total. The normalized spacial score (nSPS) is 11.0. The minimum absolute atomic E-state index is 0.320. The van der Waals surface area contributed by atoms with Crippen molar-refractivity contribution in [3.8, 4) is 22.3 Å². The highest BCUT2D eigenvalue weighted by molar-refractivity contribution is 6.01. The summed E-state index contributed by atoms with van der Waals surface area (Å²) < 4.78 is 5.16. The Morgan fingerprint density at radius 2 is 1.34 bits per heavy atom. The van der Waals surface area contributed by atoms with Gasteiger partial charge in [0.1, 0.15) is 0 Å². The maximum absolute atomic E-state index is 12.8. The van der Waals surface area contributed by atoms with E-state index in [1.54, 1.807) is 0 Å². The monoisotopic (exact) mass is 430 g/mol. The number of carbonyl (C=O) groups is 1. The number of anilines is 2. The predicted molar refractivity (Wildman–Crippen MR) is 135 cm³/mol. The molecule has 0 fully saturated rings. The van der Waals surface area contributed by atoms with Crippen LogP contribution in [0.15, 0.2) is 60.7 Å². The highest BCUT2D eigenvalue weighted by Crippen LogP contribution is 2.34. The molecule has 3 rings (SSSR count). The zero-order valence-corrected chi connectivity index (χ0v) is 20.0. The molecular weight excluding hydrogens is 396 g/mol. The van der Waals surface area contributed by atoms with E-state index in [0.717, 1.165) is 45.7 Å². The Bertz CT molecular complexity index is 1050. The molecule has 0 heterocycles.